The van der Waals surface area contributed by atoms with Crippen molar-refractivity contribution in [2.75, 3.05) is 0 Å². The lowest BCUT2D eigenvalue weighted by atomic mass is 10.7. The SMILES string of the molecule is CC(N=[N+]=[N-])Oc1nc(N=[N+]=[N-])nc(N=[N+]=[N-])n1. The van der Waals surface area contributed by atoms with Crippen LogP contribution >= 0.6 is 0 Å². The van der Waals surface area contributed by atoms with Crippen molar-refractivity contribution in [3.8, 4) is 6.01 Å². The zero-order valence-corrected chi connectivity index (χ0v) is 8.85. The molecule has 0 fully saturated rings. The van der Waals surface area contributed by atoms with Crippen LogP contribution in [0.15, 0.2) is 15.3 Å². The number of azide groups is 3. The molecule has 0 aromatic carbocycles. The molecule has 0 aliphatic heterocycles. The molecule has 1 aromatic rings. The smallest absolute Gasteiger partial charge is 0.320 e. The van der Waals surface area contributed by atoms with E-state index in [1.54, 1.807) is 0 Å². The summed E-state index contributed by atoms with van der Waals surface area (Å²) in [6.45, 7) is 1.43. The number of hydrogen-bond acceptors (Lipinski definition) is 7. The van der Waals surface area contributed by atoms with E-state index in [-0.39, 0.29) is 17.9 Å². The van der Waals surface area contributed by atoms with Crippen molar-refractivity contribution in [1.82, 2.24) is 15.0 Å². The Morgan fingerprint density at radius 1 is 1.00 bits per heavy atom. The predicted octanol–water partition coefficient (Wildman–Crippen LogP) is 2.79. The molecule has 0 spiro atoms. The molecule has 0 aliphatic carbocycles. The van der Waals surface area contributed by atoms with Gasteiger partial charge in [-0.25, -0.2) is 4.98 Å². The van der Waals surface area contributed by atoms with Gasteiger partial charge in [0, 0.05) is 14.7 Å². The fourth-order valence-electron chi connectivity index (χ4n) is 0.807. The molecular weight excluding hydrogens is 244 g/mol. The van der Waals surface area contributed by atoms with Gasteiger partial charge in [0.25, 0.3) is 0 Å². The molecule has 0 N–H and O–H groups in total. The molecule has 1 atom stereocenters. The highest BCUT2D eigenvalue weighted by Gasteiger charge is 2.08. The Morgan fingerprint density at radius 2 is 1.56 bits per heavy atom. The molecule has 0 saturated heterocycles. The first kappa shape index (κ1) is 12.8. The fourth-order valence-corrected chi connectivity index (χ4v) is 0.807. The van der Waals surface area contributed by atoms with Gasteiger partial charge in [0.15, 0.2) is 6.23 Å². The van der Waals surface area contributed by atoms with Crippen LogP contribution in [0.3, 0.4) is 0 Å². The van der Waals surface area contributed by atoms with E-state index in [0.29, 0.717) is 0 Å². The average Bonchev–Trinajstić information content (AvgIpc) is 2.29. The maximum atomic E-state index is 8.24. The van der Waals surface area contributed by atoms with Crippen molar-refractivity contribution in [1.29, 1.82) is 0 Å². The van der Waals surface area contributed by atoms with Crippen LogP contribution in [0.2, 0.25) is 0 Å². The molecule has 1 aromatic heterocycles. The number of ether oxygens (including phenoxy) is 1. The van der Waals surface area contributed by atoms with Crippen LogP contribution in [0.4, 0.5) is 11.9 Å². The first-order valence-corrected chi connectivity index (χ1v) is 4.26. The van der Waals surface area contributed by atoms with Gasteiger partial charge in [-0.15, -0.1) is 0 Å². The Labute approximate surface area is 98.3 Å². The molecule has 0 radical (unpaired) electrons. The van der Waals surface area contributed by atoms with E-state index in [4.69, 9.17) is 21.3 Å². The van der Waals surface area contributed by atoms with Gasteiger partial charge in [-0.1, -0.05) is 0 Å². The zero-order valence-electron chi connectivity index (χ0n) is 8.85. The molecule has 0 bridgehead atoms. The van der Waals surface area contributed by atoms with Crippen LogP contribution in [0.1, 0.15) is 6.92 Å². The van der Waals surface area contributed by atoms with Crippen LogP contribution in [-0.4, -0.2) is 21.2 Å². The van der Waals surface area contributed by atoms with E-state index in [9.17, 15) is 0 Å². The summed E-state index contributed by atoms with van der Waals surface area (Å²) in [6, 6.07) is -0.297. The van der Waals surface area contributed by atoms with Crippen LogP contribution < -0.4 is 4.74 Å². The molecule has 1 rings (SSSR count). The highest BCUT2D eigenvalue weighted by molar-refractivity contribution is 5.26. The summed E-state index contributed by atoms with van der Waals surface area (Å²) < 4.78 is 4.98. The molecule has 1 heterocycles. The molecule has 0 saturated carbocycles. The van der Waals surface area contributed by atoms with Crippen LogP contribution in [0.5, 0.6) is 6.01 Å². The average molecular weight is 248 g/mol. The van der Waals surface area contributed by atoms with Crippen molar-refractivity contribution in [2.45, 2.75) is 13.2 Å². The first-order chi connectivity index (χ1) is 8.69. The molecule has 13 heteroatoms. The molecule has 13 nitrogen and oxygen atoms in total. The summed E-state index contributed by atoms with van der Waals surface area (Å²) in [6.07, 6.45) is -0.893. The third kappa shape index (κ3) is 3.72. The summed E-state index contributed by atoms with van der Waals surface area (Å²) in [5.41, 5.74) is 24.7. The third-order valence-electron chi connectivity index (χ3n) is 1.35. The second-order valence-corrected chi connectivity index (χ2v) is 2.52. The van der Waals surface area contributed by atoms with Crippen molar-refractivity contribution < 1.29 is 4.74 Å². The minimum Gasteiger partial charge on any atom is -0.454 e. The predicted molar refractivity (Wildman–Crippen MR) is 56.7 cm³/mol. The van der Waals surface area contributed by atoms with E-state index < -0.39 is 6.23 Å². The molecular formula is C5H4N12O. The van der Waals surface area contributed by atoms with Crippen molar-refractivity contribution in [3.63, 3.8) is 0 Å². The standard InChI is InChI=1S/C5H4N12O/c1-2(12-15-6)18-5-10-3(13-16-7)9-4(11-5)14-17-8/h2H,1H3. The molecule has 0 aliphatic rings. The molecule has 18 heavy (non-hydrogen) atoms. The number of hydrogen-bond donors (Lipinski definition) is 0. The Balaban J connectivity index is 3.13. The molecule has 0 amide bonds. The van der Waals surface area contributed by atoms with Gasteiger partial charge in [0.1, 0.15) is 0 Å². The monoisotopic (exact) mass is 248 g/mol. The summed E-state index contributed by atoms with van der Waals surface area (Å²) in [4.78, 5) is 18.2. The van der Waals surface area contributed by atoms with Gasteiger partial charge in [-0.05, 0) is 38.9 Å². The maximum Gasteiger partial charge on any atom is 0.320 e. The fraction of sp³-hybridized carbons (Fsp3) is 0.400. The third-order valence-corrected chi connectivity index (χ3v) is 1.35. The zero-order chi connectivity index (χ0) is 13.4. The van der Waals surface area contributed by atoms with Crippen LogP contribution in [0.25, 0.3) is 31.3 Å². The largest absolute Gasteiger partial charge is 0.454 e. The number of rotatable bonds is 5. The molecule has 90 valence electrons. The van der Waals surface area contributed by atoms with Crippen LogP contribution in [-0.2, 0) is 0 Å². The minimum absolute atomic E-state index is 0.297. The topological polar surface area (TPSA) is 194 Å². The second-order valence-electron chi connectivity index (χ2n) is 2.52. The van der Waals surface area contributed by atoms with Gasteiger partial charge in [0.05, 0.1) is 0 Å². The minimum atomic E-state index is -0.893. The van der Waals surface area contributed by atoms with Gasteiger partial charge < -0.3 is 4.74 Å². The van der Waals surface area contributed by atoms with Gasteiger partial charge >= 0.3 is 6.01 Å². The Hall–Kier alpha value is -3.26. The van der Waals surface area contributed by atoms with Gasteiger partial charge in [-0.2, -0.15) is 9.97 Å². The van der Waals surface area contributed by atoms with Crippen LogP contribution in [0, 0.1) is 0 Å². The Morgan fingerprint density at radius 3 is 2.00 bits per heavy atom. The van der Waals surface area contributed by atoms with E-state index in [0.717, 1.165) is 0 Å². The van der Waals surface area contributed by atoms with Crippen molar-refractivity contribution in [2.24, 2.45) is 15.3 Å². The van der Waals surface area contributed by atoms with Gasteiger partial charge in [-0.3, -0.25) is 0 Å². The lowest BCUT2D eigenvalue weighted by molar-refractivity contribution is 0.210. The highest BCUT2D eigenvalue weighted by atomic mass is 16.5. The second kappa shape index (κ2) is 6.35. The quantitative estimate of drug-likeness (QED) is 0.438. The maximum absolute atomic E-state index is 8.24. The normalized spacial score (nSPS) is 10.3. The summed E-state index contributed by atoms with van der Waals surface area (Å²) in [5.74, 6) is -0.670. The Kier molecular flexibility index (Phi) is 4.52. The molecule has 1 unspecified atom stereocenters. The summed E-state index contributed by atoms with van der Waals surface area (Å²) in [7, 11) is 0. The van der Waals surface area contributed by atoms with Crippen molar-refractivity contribution >= 4 is 11.9 Å². The summed E-state index contributed by atoms with van der Waals surface area (Å²) in [5, 5.41) is 9.45. The number of nitrogens with zero attached hydrogens (tertiary/aromatic N) is 12. The van der Waals surface area contributed by atoms with Gasteiger partial charge in [0.2, 0.25) is 11.9 Å². The Bertz CT molecular complexity index is 540. The van der Waals surface area contributed by atoms with E-state index >= 15 is 0 Å². The van der Waals surface area contributed by atoms with E-state index in [1.807, 2.05) is 0 Å². The lowest BCUT2D eigenvalue weighted by Gasteiger charge is -2.07. The van der Waals surface area contributed by atoms with E-state index in [1.165, 1.54) is 6.92 Å². The lowest BCUT2D eigenvalue weighted by Crippen LogP contribution is -2.09. The number of aromatic nitrogens is 3. The van der Waals surface area contributed by atoms with E-state index in [2.05, 4.69) is 45.0 Å². The first-order valence-electron chi connectivity index (χ1n) is 4.26. The van der Waals surface area contributed by atoms with Crippen molar-refractivity contribution in [3.05, 3.63) is 31.3 Å². The summed E-state index contributed by atoms with van der Waals surface area (Å²) >= 11 is 0. The highest BCUT2D eigenvalue weighted by Crippen LogP contribution is 2.16.